The lowest BCUT2D eigenvalue weighted by Crippen LogP contribution is -2.22. The normalized spacial score (nSPS) is 12.0. The number of nitrogens with zero attached hydrogens (tertiary/aromatic N) is 1. The minimum atomic E-state index is -0.0922. The van der Waals surface area contributed by atoms with Crippen LogP contribution >= 0.6 is 12.2 Å². The number of rotatable bonds is 15. The average Bonchev–Trinajstić information content (AvgIpc) is 2.78. The average molecular weight is 456 g/mol. The lowest BCUT2D eigenvalue weighted by molar-refractivity contribution is -0.114. The van der Waals surface area contributed by atoms with Crippen LogP contribution in [0.15, 0.2) is 30.5 Å². The van der Waals surface area contributed by atoms with Crippen molar-refractivity contribution < 1.29 is 4.79 Å². The zero-order valence-electron chi connectivity index (χ0n) is 20.2. The van der Waals surface area contributed by atoms with Gasteiger partial charge in [-0.05, 0) is 37.1 Å². The van der Waals surface area contributed by atoms with Gasteiger partial charge in [0.15, 0.2) is 0 Å². The molecule has 1 atom stereocenters. The molecule has 1 unspecified atom stereocenters. The molecule has 1 heterocycles. The van der Waals surface area contributed by atoms with E-state index >= 15 is 0 Å². The third-order valence-corrected chi connectivity index (χ3v) is 6.46. The molecule has 0 saturated heterocycles. The van der Waals surface area contributed by atoms with Crippen LogP contribution in [-0.2, 0) is 4.79 Å². The SMILES string of the molecule is CCCCCCCCC(CCCCCC)C(=S)Nc1c(NC(C)=O)ccc2ncccc12. The zero-order chi connectivity index (χ0) is 23.2. The minimum Gasteiger partial charge on any atom is -0.348 e. The molecule has 2 aromatic rings. The number of aromatic nitrogens is 1. The molecule has 0 aliphatic heterocycles. The number of pyridine rings is 1. The molecule has 1 amide bonds. The summed E-state index contributed by atoms with van der Waals surface area (Å²) >= 11 is 5.95. The largest absolute Gasteiger partial charge is 0.348 e. The van der Waals surface area contributed by atoms with E-state index in [4.69, 9.17) is 12.2 Å². The van der Waals surface area contributed by atoms with Gasteiger partial charge in [0.1, 0.15) is 0 Å². The summed E-state index contributed by atoms with van der Waals surface area (Å²) in [6.07, 6.45) is 16.8. The maximum absolute atomic E-state index is 11.8. The first-order valence-electron chi connectivity index (χ1n) is 12.5. The maximum atomic E-state index is 11.8. The number of benzene rings is 1. The molecule has 32 heavy (non-hydrogen) atoms. The molecule has 176 valence electrons. The van der Waals surface area contributed by atoms with E-state index in [1.165, 1.54) is 71.1 Å². The van der Waals surface area contributed by atoms with E-state index in [0.29, 0.717) is 5.92 Å². The van der Waals surface area contributed by atoms with E-state index in [1.54, 1.807) is 6.20 Å². The fraction of sp³-hybridized carbons (Fsp3) is 0.593. The second-order valence-electron chi connectivity index (χ2n) is 8.83. The standard InChI is InChI=1S/C27H41N3OS/c1-4-6-8-10-11-13-16-22(15-12-9-7-5-2)27(32)30-26-23-17-14-20-28-24(23)18-19-25(26)29-21(3)31/h14,17-20,22H,4-13,15-16H2,1-3H3,(H,29,31)(H,30,32). The van der Waals surface area contributed by atoms with Crippen LogP contribution in [0.2, 0.25) is 0 Å². The summed E-state index contributed by atoms with van der Waals surface area (Å²) in [6, 6.07) is 7.80. The van der Waals surface area contributed by atoms with Gasteiger partial charge < -0.3 is 10.6 Å². The van der Waals surface area contributed by atoms with E-state index in [1.807, 2.05) is 24.3 Å². The summed E-state index contributed by atoms with van der Waals surface area (Å²) in [5.74, 6) is 0.274. The molecule has 0 aliphatic carbocycles. The Hall–Kier alpha value is -2.01. The van der Waals surface area contributed by atoms with E-state index < -0.39 is 0 Å². The molecule has 0 bridgehead atoms. The van der Waals surface area contributed by atoms with Crippen LogP contribution < -0.4 is 10.6 Å². The number of unbranched alkanes of at least 4 members (excludes halogenated alkanes) is 8. The van der Waals surface area contributed by atoms with Gasteiger partial charge in [0.2, 0.25) is 5.91 Å². The van der Waals surface area contributed by atoms with Gasteiger partial charge in [-0.15, -0.1) is 0 Å². The highest BCUT2D eigenvalue weighted by molar-refractivity contribution is 7.80. The molecular formula is C27H41N3OS. The fourth-order valence-electron chi connectivity index (χ4n) is 4.20. The van der Waals surface area contributed by atoms with Gasteiger partial charge in [0, 0.05) is 24.4 Å². The molecule has 0 aliphatic rings. The highest BCUT2D eigenvalue weighted by Crippen LogP contribution is 2.32. The van der Waals surface area contributed by atoms with Crippen molar-refractivity contribution in [2.24, 2.45) is 5.92 Å². The van der Waals surface area contributed by atoms with Crippen molar-refractivity contribution >= 4 is 45.4 Å². The molecule has 0 spiro atoms. The van der Waals surface area contributed by atoms with E-state index in [2.05, 4.69) is 29.5 Å². The number of anilines is 2. The van der Waals surface area contributed by atoms with Crippen LogP contribution in [0.1, 0.15) is 97.8 Å². The Morgan fingerprint density at radius 3 is 2.19 bits per heavy atom. The highest BCUT2D eigenvalue weighted by Gasteiger charge is 2.18. The predicted octanol–water partition coefficient (Wildman–Crippen LogP) is 8.27. The lowest BCUT2D eigenvalue weighted by Gasteiger charge is -2.22. The van der Waals surface area contributed by atoms with Crippen molar-refractivity contribution in [1.29, 1.82) is 0 Å². The van der Waals surface area contributed by atoms with Crippen molar-refractivity contribution in [1.82, 2.24) is 4.98 Å². The number of hydrogen-bond acceptors (Lipinski definition) is 3. The number of thiocarbonyl (C=S) groups is 1. The second-order valence-corrected chi connectivity index (χ2v) is 9.27. The van der Waals surface area contributed by atoms with Gasteiger partial charge in [-0.3, -0.25) is 9.78 Å². The zero-order valence-corrected chi connectivity index (χ0v) is 21.0. The number of carbonyl (C=O) groups excluding carboxylic acids is 1. The van der Waals surface area contributed by atoms with Crippen LogP contribution in [0.4, 0.5) is 11.4 Å². The van der Waals surface area contributed by atoms with Crippen LogP contribution in [0.25, 0.3) is 10.9 Å². The van der Waals surface area contributed by atoms with Gasteiger partial charge in [0.05, 0.1) is 21.9 Å². The van der Waals surface area contributed by atoms with Crippen molar-refractivity contribution in [3.63, 3.8) is 0 Å². The Morgan fingerprint density at radius 2 is 1.53 bits per heavy atom. The molecule has 0 radical (unpaired) electrons. The molecule has 2 N–H and O–H groups in total. The second kappa shape index (κ2) is 14.9. The molecule has 0 fully saturated rings. The highest BCUT2D eigenvalue weighted by atomic mass is 32.1. The number of amides is 1. The van der Waals surface area contributed by atoms with Crippen LogP contribution in [-0.4, -0.2) is 15.9 Å². The lowest BCUT2D eigenvalue weighted by atomic mass is 9.93. The van der Waals surface area contributed by atoms with E-state index in [9.17, 15) is 4.79 Å². The monoisotopic (exact) mass is 455 g/mol. The Morgan fingerprint density at radius 1 is 0.906 bits per heavy atom. The van der Waals surface area contributed by atoms with Gasteiger partial charge in [0.25, 0.3) is 0 Å². The molecular weight excluding hydrogens is 414 g/mol. The summed E-state index contributed by atoms with van der Waals surface area (Å²) < 4.78 is 0. The smallest absolute Gasteiger partial charge is 0.221 e. The summed E-state index contributed by atoms with van der Waals surface area (Å²) in [5.41, 5.74) is 2.50. The Balaban J connectivity index is 2.13. The summed E-state index contributed by atoms with van der Waals surface area (Å²) in [6.45, 7) is 6.04. The van der Waals surface area contributed by atoms with Crippen LogP contribution in [0, 0.1) is 5.92 Å². The molecule has 1 aromatic heterocycles. The number of nitrogens with one attached hydrogen (secondary N) is 2. The summed E-state index contributed by atoms with van der Waals surface area (Å²) in [7, 11) is 0. The van der Waals surface area contributed by atoms with E-state index in [0.717, 1.165) is 40.1 Å². The first-order valence-corrected chi connectivity index (χ1v) is 12.9. The Labute approximate surface area is 200 Å². The number of carbonyl (C=O) groups is 1. The molecule has 5 heteroatoms. The van der Waals surface area contributed by atoms with E-state index in [-0.39, 0.29) is 5.91 Å². The number of hydrogen-bond donors (Lipinski definition) is 2. The van der Waals surface area contributed by atoms with Crippen LogP contribution in [0.3, 0.4) is 0 Å². The Bertz CT molecular complexity index is 852. The van der Waals surface area contributed by atoms with Gasteiger partial charge in [-0.25, -0.2) is 0 Å². The predicted molar refractivity (Wildman–Crippen MR) is 143 cm³/mol. The topological polar surface area (TPSA) is 54.0 Å². The Kier molecular flexibility index (Phi) is 12.3. The van der Waals surface area contributed by atoms with Crippen LogP contribution in [0.5, 0.6) is 0 Å². The third kappa shape index (κ3) is 8.85. The molecule has 1 aromatic carbocycles. The molecule has 4 nitrogen and oxygen atoms in total. The summed E-state index contributed by atoms with van der Waals surface area (Å²) in [4.78, 5) is 17.1. The number of fused-ring (bicyclic) bond motifs is 1. The summed E-state index contributed by atoms with van der Waals surface area (Å²) in [5, 5.41) is 7.47. The van der Waals surface area contributed by atoms with Crippen molar-refractivity contribution in [3.05, 3.63) is 30.5 Å². The van der Waals surface area contributed by atoms with Gasteiger partial charge in [-0.2, -0.15) is 0 Å². The first-order chi connectivity index (χ1) is 15.6. The third-order valence-electron chi connectivity index (χ3n) is 6.03. The van der Waals surface area contributed by atoms with Gasteiger partial charge >= 0.3 is 0 Å². The van der Waals surface area contributed by atoms with Gasteiger partial charge in [-0.1, -0.05) is 90.3 Å². The molecule has 2 rings (SSSR count). The van der Waals surface area contributed by atoms with Crippen molar-refractivity contribution in [2.45, 2.75) is 97.8 Å². The van der Waals surface area contributed by atoms with Crippen molar-refractivity contribution in [3.8, 4) is 0 Å². The maximum Gasteiger partial charge on any atom is 0.221 e. The minimum absolute atomic E-state index is 0.0922. The fourth-order valence-corrected chi connectivity index (χ4v) is 4.54. The quantitative estimate of drug-likeness (QED) is 0.209. The van der Waals surface area contributed by atoms with Crippen molar-refractivity contribution in [2.75, 3.05) is 10.6 Å². The first kappa shape index (κ1) is 26.2. The molecule has 0 saturated carbocycles.